The van der Waals surface area contributed by atoms with E-state index in [1.54, 1.807) is 12.7 Å². The van der Waals surface area contributed by atoms with Crippen LogP contribution in [0.25, 0.3) is 11.2 Å². The normalized spacial score (nSPS) is 15.9. The Labute approximate surface area is 144 Å². The number of hydrogen-bond acceptors (Lipinski definition) is 4. The smallest absolute Gasteiger partial charge is 0.165 e. The summed E-state index contributed by atoms with van der Waals surface area (Å²) < 4.78 is 29.1. The molecule has 0 aliphatic carbocycles. The summed E-state index contributed by atoms with van der Waals surface area (Å²) in [4.78, 5) is 15.3. The highest BCUT2D eigenvalue weighted by molar-refractivity contribution is 5.83. The number of piperidine rings is 1. The molecule has 0 bridgehead atoms. The number of anilines is 1. The number of rotatable bonds is 3. The molecule has 0 radical (unpaired) electrons. The van der Waals surface area contributed by atoms with Crippen LogP contribution in [0.5, 0.6) is 0 Å². The van der Waals surface area contributed by atoms with Gasteiger partial charge < -0.3 is 9.47 Å². The predicted octanol–water partition coefficient (Wildman–Crippen LogP) is 3.10. The molecule has 0 amide bonds. The van der Waals surface area contributed by atoms with Gasteiger partial charge in [0.25, 0.3) is 0 Å². The van der Waals surface area contributed by atoms with Crippen molar-refractivity contribution in [3.8, 4) is 0 Å². The molecular formula is C18H19F2N5. The number of hydrogen-bond donors (Lipinski definition) is 0. The molecule has 7 heteroatoms. The minimum absolute atomic E-state index is 0.324. The van der Waals surface area contributed by atoms with Crippen molar-refractivity contribution in [3.63, 3.8) is 0 Å². The molecule has 3 aromatic rings. The Bertz CT molecular complexity index is 900. The van der Waals surface area contributed by atoms with Gasteiger partial charge in [-0.3, -0.25) is 0 Å². The lowest BCUT2D eigenvalue weighted by Crippen LogP contribution is -2.35. The van der Waals surface area contributed by atoms with E-state index in [0.29, 0.717) is 17.9 Å². The van der Waals surface area contributed by atoms with Crippen LogP contribution in [0.1, 0.15) is 18.4 Å². The van der Waals surface area contributed by atoms with Gasteiger partial charge in [0.15, 0.2) is 17.0 Å². The third-order valence-electron chi connectivity index (χ3n) is 4.91. The molecule has 1 aliphatic rings. The van der Waals surface area contributed by atoms with Gasteiger partial charge in [-0.25, -0.2) is 23.7 Å². The molecule has 130 valence electrons. The Morgan fingerprint density at radius 2 is 1.92 bits per heavy atom. The van der Waals surface area contributed by atoms with Crippen molar-refractivity contribution in [1.82, 2.24) is 19.5 Å². The fourth-order valence-electron chi connectivity index (χ4n) is 3.52. The molecule has 0 atom stereocenters. The van der Waals surface area contributed by atoms with E-state index in [9.17, 15) is 8.78 Å². The van der Waals surface area contributed by atoms with Gasteiger partial charge in [0.1, 0.15) is 18.0 Å². The molecule has 3 heterocycles. The molecular weight excluding hydrogens is 324 g/mol. The molecule has 1 saturated heterocycles. The van der Waals surface area contributed by atoms with Crippen LogP contribution in [0.3, 0.4) is 0 Å². The van der Waals surface area contributed by atoms with Gasteiger partial charge in [0.2, 0.25) is 0 Å². The van der Waals surface area contributed by atoms with Crippen molar-refractivity contribution in [2.24, 2.45) is 13.0 Å². The minimum atomic E-state index is -0.382. The van der Waals surface area contributed by atoms with Crippen LogP contribution >= 0.6 is 0 Å². The first-order valence-electron chi connectivity index (χ1n) is 8.42. The molecule has 5 nitrogen and oxygen atoms in total. The molecule has 1 fully saturated rings. The Morgan fingerprint density at radius 1 is 1.12 bits per heavy atom. The van der Waals surface area contributed by atoms with Crippen molar-refractivity contribution in [2.75, 3.05) is 18.0 Å². The Kier molecular flexibility index (Phi) is 4.07. The van der Waals surface area contributed by atoms with E-state index in [-0.39, 0.29) is 11.6 Å². The number of halogens is 2. The Hall–Kier alpha value is -2.57. The van der Waals surface area contributed by atoms with Crippen LogP contribution in [0.15, 0.2) is 30.9 Å². The number of aryl methyl sites for hydroxylation is 1. The maximum atomic E-state index is 13.8. The zero-order chi connectivity index (χ0) is 17.4. The highest BCUT2D eigenvalue weighted by Crippen LogP contribution is 2.28. The first kappa shape index (κ1) is 15.9. The number of benzene rings is 1. The summed E-state index contributed by atoms with van der Waals surface area (Å²) in [6, 6.07) is 3.68. The highest BCUT2D eigenvalue weighted by Gasteiger charge is 2.23. The van der Waals surface area contributed by atoms with Gasteiger partial charge in [-0.05, 0) is 48.9 Å². The van der Waals surface area contributed by atoms with E-state index in [0.717, 1.165) is 49.0 Å². The number of fused-ring (bicyclic) bond motifs is 1. The monoisotopic (exact) mass is 343 g/mol. The second-order valence-corrected chi connectivity index (χ2v) is 6.60. The highest BCUT2D eigenvalue weighted by atomic mass is 19.1. The second-order valence-electron chi connectivity index (χ2n) is 6.60. The molecule has 0 spiro atoms. The van der Waals surface area contributed by atoms with E-state index in [1.165, 1.54) is 12.1 Å². The van der Waals surface area contributed by atoms with E-state index >= 15 is 0 Å². The van der Waals surface area contributed by atoms with E-state index in [2.05, 4.69) is 19.9 Å². The average Bonchev–Trinajstić information content (AvgIpc) is 3.00. The maximum Gasteiger partial charge on any atom is 0.165 e. The number of nitrogens with zero attached hydrogens (tertiary/aromatic N) is 5. The van der Waals surface area contributed by atoms with Gasteiger partial charge in [0, 0.05) is 20.1 Å². The lowest BCUT2D eigenvalue weighted by atomic mass is 9.90. The Balaban J connectivity index is 1.47. The third-order valence-corrected chi connectivity index (χ3v) is 4.91. The molecule has 2 aromatic heterocycles. The second kappa shape index (κ2) is 6.38. The maximum absolute atomic E-state index is 13.8. The average molecular weight is 343 g/mol. The van der Waals surface area contributed by atoms with Gasteiger partial charge in [-0.15, -0.1) is 0 Å². The number of aromatic nitrogens is 4. The summed E-state index contributed by atoms with van der Waals surface area (Å²) in [7, 11) is 1.91. The van der Waals surface area contributed by atoms with Crippen LogP contribution in [0.2, 0.25) is 0 Å². The Morgan fingerprint density at radius 3 is 2.72 bits per heavy atom. The quantitative estimate of drug-likeness (QED) is 0.733. The first-order chi connectivity index (χ1) is 12.1. The van der Waals surface area contributed by atoms with Crippen molar-refractivity contribution in [2.45, 2.75) is 19.3 Å². The molecule has 1 aliphatic heterocycles. The molecule has 4 rings (SSSR count). The zero-order valence-electron chi connectivity index (χ0n) is 14.0. The van der Waals surface area contributed by atoms with Crippen LogP contribution in [-0.4, -0.2) is 32.6 Å². The lowest BCUT2D eigenvalue weighted by Gasteiger charge is -2.32. The van der Waals surface area contributed by atoms with Crippen LogP contribution < -0.4 is 4.90 Å². The standard InChI is InChI=1S/C18H19F2N5/c1-24-11-23-16-17(24)21-10-22-18(16)25-6-4-12(5-7-25)8-13-9-14(19)2-3-15(13)20/h2-3,9-12H,4-8H2,1H3. The van der Waals surface area contributed by atoms with Crippen molar-refractivity contribution in [1.29, 1.82) is 0 Å². The third kappa shape index (κ3) is 3.06. The summed E-state index contributed by atoms with van der Waals surface area (Å²) in [6.45, 7) is 1.65. The summed E-state index contributed by atoms with van der Waals surface area (Å²) in [5.41, 5.74) is 2.08. The SMILES string of the molecule is Cn1cnc2c(N3CCC(Cc4cc(F)ccc4F)CC3)ncnc21. The van der Waals surface area contributed by atoms with Gasteiger partial charge >= 0.3 is 0 Å². The topological polar surface area (TPSA) is 46.8 Å². The fourth-order valence-corrected chi connectivity index (χ4v) is 3.52. The number of imidazole rings is 1. The van der Waals surface area contributed by atoms with Gasteiger partial charge in [-0.2, -0.15) is 0 Å². The van der Waals surface area contributed by atoms with Gasteiger partial charge in [0.05, 0.1) is 6.33 Å². The van der Waals surface area contributed by atoms with E-state index in [1.807, 2.05) is 11.6 Å². The van der Waals surface area contributed by atoms with Crippen LogP contribution in [-0.2, 0) is 13.5 Å². The van der Waals surface area contributed by atoms with Gasteiger partial charge in [-0.1, -0.05) is 0 Å². The molecule has 0 saturated carbocycles. The van der Waals surface area contributed by atoms with Crippen LogP contribution in [0, 0.1) is 17.6 Å². The zero-order valence-corrected chi connectivity index (χ0v) is 14.0. The largest absolute Gasteiger partial charge is 0.355 e. The first-order valence-corrected chi connectivity index (χ1v) is 8.42. The van der Waals surface area contributed by atoms with Crippen molar-refractivity contribution >= 4 is 17.0 Å². The minimum Gasteiger partial charge on any atom is -0.355 e. The van der Waals surface area contributed by atoms with Crippen molar-refractivity contribution in [3.05, 3.63) is 48.1 Å². The van der Waals surface area contributed by atoms with E-state index in [4.69, 9.17) is 0 Å². The van der Waals surface area contributed by atoms with Crippen molar-refractivity contribution < 1.29 is 8.78 Å². The summed E-state index contributed by atoms with van der Waals surface area (Å²) in [6.07, 6.45) is 5.69. The molecule has 0 N–H and O–H groups in total. The summed E-state index contributed by atoms with van der Waals surface area (Å²) >= 11 is 0. The lowest BCUT2D eigenvalue weighted by molar-refractivity contribution is 0.396. The molecule has 25 heavy (non-hydrogen) atoms. The van der Waals surface area contributed by atoms with Crippen LogP contribution in [0.4, 0.5) is 14.6 Å². The summed E-state index contributed by atoms with van der Waals surface area (Å²) in [5, 5.41) is 0. The molecule has 0 unspecified atom stereocenters. The summed E-state index contributed by atoms with van der Waals surface area (Å²) in [5.74, 6) is 0.483. The molecule has 1 aromatic carbocycles. The fraction of sp³-hybridized carbons (Fsp3) is 0.389. The predicted molar refractivity (Wildman–Crippen MR) is 91.3 cm³/mol. The van der Waals surface area contributed by atoms with E-state index < -0.39 is 0 Å².